The summed E-state index contributed by atoms with van der Waals surface area (Å²) in [6.07, 6.45) is 1.74. The number of ether oxygens (including phenoxy) is 1. The van der Waals surface area contributed by atoms with Crippen LogP contribution in [0.15, 0.2) is 60.8 Å². The summed E-state index contributed by atoms with van der Waals surface area (Å²) >= 11 is 0. The Morgan fingerprint density at radius 3 is 2.40 bits per heavy atom. The van der Waals surface area contributed by atoms with Crippen LogP contribution in [0.5, 0.6) is 0 Å². The van der Waals surface area contributed by atoms with Gasteiger partial charge < -0.3 is 19.9 Å². The number of aromatic nitrogens is 2. The number of benzene rings is 2. The molecule has 0 bridgehead atoms. The summed E-state index contributed by atoms with van der Waals surface area (Å²) in [5.41, 5.74) is 4.74. The molecule has 2 aromatic carbocycles. The van der Waals surface area contributed by atoms with Gasteiger partial charge in [-0.1, -0.05) is 12.1 Å². The zero-order chi connectivity index (χ0) is 20.9. The number of hydrogen-bond acceptors (Lipinski definition) is 6. The van der Waals surface area contributed by atoms with E-state index in [-0.39, 0.29) is 5.91 Å². The summed E-state index contributed by atoms with van der Waals surface area (Å²) in [4.78, 5) is 24.4. The van der Waals surface area contributed by atoms with Crippen molar-refractivity contribution < 1.29 is 9.53 Å². The van der Waals surface area contributed by atoms with Gasteiger partial charge in [0, 0.05) is 55.9 Å². The lowest BCUT2D eigenvalue weighted by atomic mass is 10.1. The van der Waals surface area contributed by atoms with Crippen molar-refractivity contribution in [2.45, 2.75) is 6.92 Å². The highest BCUT2D eigenvalue weighted by molar-refractivity contribution is 5.91. The molecule has 30 heavy (non-hydrogen) atoms. The SMILES string of the molecule is CC(=O)N(C)c1ccc(-c2ccnc(Nc3ccc(N4CCOCC4)cc3)n2)cc1. The molecule has 1 N–H and O–H groups in total. The molecule has 1 amide bonds. The summed E-state index contributed by atoms with van der Waals surface area (Å²) in [5.74, 6) is 0.535. The van der Waals surface area contributed by atoms with Crippen LogP contribution in [0.3, 0.4) is 0 Å². The zero-order valence-electron chi connectivity index (χ0n) is 17.2. The van der Waals surface area contributed by atoms with Gasteiger partial charge in [0.15, 0.2) is 0 Å². The lowest BCUT2D eigenvalue weighted by Gasteiger charge is -2.28. The fourth-order valence-corrected chi connectivity index (χ4v) is 3.32. The number of nitrogens with one attached hydrogen (secondary N) is 1. The molecular formula is C23H25N5O2. The molecule has 0 radical (unpaired) electrons. The van der Waals surface area contributed by atoms with Crippen molar-refractivity contribution in [2.75, 3.05) is 48.5 Å². The number of carbonyl (C=O) groups is 1. The fourth-order valence-electron chi connectivity index (χ4n) is 3.32. The maximum Gasteiger partial charge on any atom is 0.227 e. The van der Waals surface area contributed by atoms with E-state index in [4.69, 9.17) is 4.74 Å². The minimum Gasteiger partial charge on any atom is -0.378 e. The standard InChI is InChI=1S/C23H25N5O2/c1-17(29)27(2)20-7-3-18(4-8-20)22-11-12-24-23(26-22)25-19-5-9-21(10-6-19)28-13-15-30-16-14-28/h3-12H,13-16H2,1-2H3,(H,24,25,26). The van der Waals surface area contributed by atoms with Crippen LogP contribution >= 0.6 is 0 Å². The Morgan fingerprint density at radius 2 is 1.73 bits per heavy atom. The fraction of sp³-hybridized carbons (Fsp3) is 0.261. The number of carbonyl (C=O) groups excluding carboxylic acids is 1. The van der Waals surface area contributed by atoms with Gasteiger partial charge in [-0.3, -0.25) is 4.79 Å². The van der Waals surface area contributed by atoms with Crippen molar-refractivity contribution in [3.05, 3.63) is 60.8 Å². The van der Waals surface area contributed by atoms with E-state index in [1.165, 1.54) is 5.69 Å². The van der Waals surface area contributed by atoms with Gasteiger partial charge in [-0.15, -0.1) is 0 Å². The first-order valence-electron chi connectivity index (χ1n) is 9.98. The quantitative estimate of drug-likeness (QED) is 0.700. The maximum absolute atomic E-state index is 11.5. The highest BCUT2D eigenvalue weighted by Gasteiger charge is 2.11. The van der Waals surface area contributed by atoms with Crippen LogP contribution in [0.1, 0.15) is 6.92 Å². The molecule has 7 heteroatoms. The second-order valence-corrected chi connectivity index (χ2v) is 7.16. The van der Waals surface area contributed by atoms with Crippen LogP contribution < -0.4 is 15.1 Å². The van der Waals surface area contributed by atoms with E-state index in [9.17, 15) is 4.79 Å². The lowest BCUT2D eigenvalue weighted by Crippen LogP contribution is -2.36. The third-order valence-electron chi connectivity index (χ3n) is 5.18. The second kappa shape index (κ2) is 8.92. The third-order valence-corrected chi connectivity index (χ3v) is 5.18. The van der Waals surface area contributed by atoms with Gasteiger partial charge in [0.25, 0.3) is 0 Å². The smallest absolute Gasteiger partial charge is 0.227 e. The molecule has 0 saturated carbocycles. The summed E-state index contributed by atoms with van der Waals surface area (Å²) < 4.78 is 5.41. The number of anilines is 4. The van der Waals surface area contributed by atoms with Crippen molar-refractivity contribution in [1.82, 2.24) is 9.97 Å². The highest BCUT2D eigenvalue weighted by Crippen LogP contribution is 2.24. The van der Waals surface area contributed by atoms with Gasteiger partial charge in [-0.25, -0.2) is 9.97 Å². The summed E-state index contributed by atoms with van der Waals surface area (Å²) in [7, 11) is 1.76. The third kappa shape index (κ3) is 4.58. The van der Waals surface area contributed by atoms with E-state index in [0.717, 1.165) is 48.9 Å². The summed E-state index contributed by atoms with van der Waals surface area (Å²) in [6.45, 7) is 4.92. The Labute approximate surface area is 176 Å². The Kier molecular flexibility index (Phi) is 5.90. The van der Waals surface area contributed by atoms with E-state index < -0.39 is 0 Å². The molecule has 0 spiro atoms. The average molecular weight is 403 g/mol. The molecule has 0 unspecified atom stereocenters. The average Bonchev–Trinajstić information content (AvgIpc) is 2.80. The lowest BCUT2D eigenvalue weighted by molar-refractivity contribution is -0.116. The van der Waals surface area contributed by atoms with Gasteiger partial charge in [0.1, 0.15) is 0 Å². The highest BCUT2D eigenvalue weighted by atomic mass is 16.5. The van der Waals surface area contributed by atoms with Crippen LogP contribution in [0.25, 0.3) is 11.3 Å². The van der Waals surface area contributed by atoms with E-state index in [1.807, 2.05) is 42.5 Å². The predicted molar refractivity (Wildman–Crippen MR) is 119 cm³/mol. The minimum atomic E-state index is -0.00379. The van der Waals surface area contributed by atoms with Crippen molar-refractivity contribution in [3.8, 4) is 11.3 Å². The molecule has 3 aromatic rings. The first-order chi connectivity index (χ1) is 14.6. The van der Waals surface area contributed by atoms with Gasteiger partial charge in [-0.2, -0.15) is 0 Å². The van der Waals surface area contributed by atoms with Crippen LogP contribution in [0.2, 0.25) is 0 Å². The molecular weight excluding hydrogens is 378 g/mol. The Balaban J connectivity index is 1.46. The van der Waals surface area contributed by atoms with Crippen molar-refractivity contribution in [1.29, 1.82) is 0 Å². The number of nitrogens with zero attached hydrogens (tertiary/aromatic N) is 4. The molecule has 1 aromatic heterocycles. The monoisotopic (exact) mass is 403 g/mol. The second-order valence-electron chi connectivity index (χ2n) is 7.16. The van der Waals surface area contributed by atoms with Crippen LogP contribution in [0, 0.1) is 0 Å². The molecule has 2 heterocycles. The van der Waals surface area contributed by atoms with Crippen molar-refractivity contribution in [3.63, 3.8) is 0 Å². The molecule has 4 rings (SSSR count). The molecule has 1 aliphatic heterocycles. The van der Waals surface area contributed by atoms with E-state index in [0.29, 0.717) is 5.95 Å². The summed E-state index contributed by atoms with van der Waals surface area (Å²) in [5, 5.41) is 3.27. The summed E-state index contributed by atoms with van der Waals surface area (Å²) in [6, 6.07) is 17.9. The number of amides is 1. The van der Waals surface area contributed by atoms with Gasteiger partial charge in [0.05, 0.1) is 18.9 Å². The molecule has 1 fully saturated rings. The number of hydrogen-bond donors (Lipinski definition) is 1. The van der Waals surface area contributed by atoms with Crippen molar-refractivity contribution >= 4 is 28.9 Å². The largest absolute Gasteiger partial charge is 0.378 e. The van der Waals surface area contributed by atoms with Gasteiger partial charge in [-0.05, 0) is 42.5 Å². The van der Waals surface area contributed by atoms with Crippen LogP contribution in [-0.4, -0.2) is 49.2 Å². The molecule has 0 aliphatic carbocycles. The first-order valence-corrected chi connectivity index (χ1v) is 9.98. The molecule has 7 nitrogen and oxygen atoms in total. The Morgan fingerprint density at radius 1 is 1.03 bits per heavy atom. The Bertz CT molecular complexity index is 999. The number of rotatable bonds is 5. The molecule has 1 aliphatic rings. The predicted octanol–water partition coefficient (Wildman–Crippen LogP) is 3.71. The first kappa shape index (κ1) is 19.8. The zero-order valence-corrected chi connectivity index (χ0v) is 17.2. The van der Waals surface area contributed by atoms with E-state index in [1.54, 1.807) is 25.1 Å². The normalized spacial score (nSPS) is 13.7. The van der Waals surface area contributed by atoms with E-state index in [2.05, 4.69) is 32.3 Å². The maximum atomic E-state index is 11.5. The topological polar surface area (TPSA) is 70.6 Å². The molecule has 1 saturated heterocycles. The van der Waals surface area contributed by atoms with Gasteiger partial charge >= 0.3 is 0 Å². The molecule has 0 atom stereocenters. The van der Waals surface area contributed by atoms with Crippen molar-refractivity contribution in [2.24, 2.45) is 0 Å². The van der Waals surface area contributed by atoms with Gasteiger partial charge in [0.2, 0.25) is 11.9 Å². The minimum absolute atomic E-state index is 0.00379. The number of morpholine rings is 1. The van der Waals surface area contributed by atoms with Crippen LogP contribution in [0.4, 0.5) is 23.0 Å². The van der Waals surface area contributed by atoms with E-state index >= 15 is 0 Å². The van der Waals surface area contributed by atoms with Crippen LogP contribution in [-0.2, 0) is 9.53 Å². The Hall–Kier alpha value is -3.45. The molecule has 154 valence electrons.